The molecule has 0 aromatic heterocycles. The van der Waals surface area contributed by atoms with Crippen molar-refractivity contribution in [3.05, 3.63) is 33.8 Å². The first-order valence-electron chi connectivity index (χ1n) is 5.88. The van der Waals surface area contributed by atoms with Crippen molar-refractivity contribution in [3.63, 3.8) is 0 Å². The van der Waals surface area contributed by atoms with E-state index < -0.39 is 17.2 Å². The zero-order valence-corrected chi connectivity index (χ0v) is 11.6. The first-order valence-corrected chi connectivity index (χ1v) is 6.67. The minimum Gasteiger partial charge on any atom is -0.307 e. The van der Waals surface area contributed by atoms with E-state index in [2.05, 4.69) is 21.2 Å². The molecule has 1 nitrogen and oxygen atoms in total. The molecule has 1 aliphatic heterocycles. The lowest BCUT2D eigenvalue weighted by atomic mass is 9.78. The summed E-state index contributed by atoms with van der Waals surface area (Å²) >= 11 is 3.13. The van der Waals surface area contributed by atoms with E-state index in [1.165, 1.54) is 12.1 Å². The summed E-state index contributed by atoms with van der Waals surface area (Å²) in [7, 11) is 0. The van der Waals surface area contributed by atoms with Crippen LogP contribution in [0.15, 0.2) is 16.6 Å². The van der Waals surface area contributed by atoms with Gasteiger partial charge in [0.15, 0.2) is 0 Å². The molecular formula is C13H16BrF2N. The van der Waals surface area contributed by atoms with Crippen LogP contribution in [-0.4, -0.2) is 6.54 Å². The third kappa shape index (κ3) is 2.02. The van der Waals surface area contributed by atoms with Crippen molar-refractivity contribution < 1.29 is 8.78 Å². The van der Waals surface area contributed by atoms with E-state index in [-0.39, 0.29) is 11.5 Å². The van der Waals surface area contributed by atoms with Gasteiger partial charge in [0.1, 0.15) is 11.6 Å². The molecule has 1 unspecified atom stereocenters. The van der Waals surface area contributed by atoms with Gasteiger partial charge in [-0.2, -0.15) is 0 Å². The number of nitrogens with one attached hydrogen (secondary N) is 1. The minimum atomic E-state index is -0.571. The second kappa shape index (κ2) is 4.65. The van der Waals surface area contributed by atoms with Crippen molar-refractivity contribution >= 4 is 15.9 Å². The molecule has 0 amide bonds. The lowest BCUT2D eigenvalue weighted by Gasteiger charge is -2.35. The summed E-state index contributed by atoms with van der Waals surface area (Å²) in [5, 5.41) is 3.29. The largest absolute Gasteiger partial charge is 0.307 e. The van der Waals surface area contributed by atoms with E-state index >= 15 is 0 Å². The van der Waals surface area contributed by atoms with Crippen LogP contribution in [0.3, 0.4) is 0 Å². The zero-order chi connectivity index (χ0) is 12.6. The van der Waals surface area contributed by atoms with Gasteiger partial charge in [-0.3, -0.25) is 0 Å². The highest BCUT2D eigenvalue weighted by atomic mass is 79.9. The highest BCUT2D eigenvalue weighted by Gasteiger charge is 2.42. The number of hydrogen-bond donors (Lipinski definition) is 1. The van der Waals surface area contributed by atoms with Crippen LogP contribution in [-0.2, 0) is 5.54 Å². The maximum Gasteiger partial charge on any atom is 0.145 e. The van der Waals surface area contributed by atoms with Crippen molar-refractivity contribution in [1.82, 2.24) is 5.32 Å². The van der Waals surface area contributed by atoms with Gasteiger partial charge in [0, 0.05) is 5.56 Å². The van der Waals surface area contributed by atoms with Crippen molar-refractivity contribution in [2.75, 3.05) is 6.54 Å². The van der Waals surface area contributed by atoms with E-state index in [9.17, 15) is 8.78 Å². The molecule has 1 heterocycles. The summed E-state index contributed by atoms with van der Waals surface area (Å²) in [5.74, 6) is -0.801. The summed E-state index contributed by atoms with van der Waals surface area (Å²) in [5.41, 5.74) is -0.392. The van der Waals surface area contributed by atoms with Crippen LogP contribution < -0.4 is 5.32 Å². The molecule has 0 radical (unpaired) electrons. The summed E-state index contributed by atoms with van der Waals surface area (Å²) in [6.07, 6.45) is 1.72. The number of rotatable bonds is 2. The van der Waals surface area contributed by atoms with Crippen molar-refractivity contribution in [2.45, 2.75) is 32.2 Å². The molecule has 2 rings (SSSR count). The van der Waals surface area contributed by atoms with Gasteiger partial charge < -0.3 is 5.32 Å². The van der Waals surface area contributed by atoms with Gasteiger partial charge in [-0.05, 0) is 53.4 Å². The van der Waals surface area contributed by atoms with Crippen LogP contribution in [0.5, 0.6) is 0 Å². The quantitative estimate of drug-likeness (QED) is 0.816. The molecule has 1 fully saturated rings. The minimum absolute atomic E-state index is 0.142. The first kappa shape index (κ1) is 13.0. The molecule has 1 aromatic carbocycles. The topological polar surface area (TPSA) is 12.0 Å². The molecular weight excluding hydrogens is 288 g/mol. The molecule has 0 saturated carbocycles. The molecule has 94 valence electrons. The fraction of sp³-hybridized carbons (Fsp3) is 0.538. The smallest absolute Gasteiger partial charge is 0.145 e. The molecule has 1 aromatic rings. The van der Waals surface area contributed by atoms with Gasteiger partial charge in [0.2, 0.25) is 0 Å². The lowest BCUT2D eigenvalue weighted by Crippen LogP contribution is -2.43. The van der Waals surface area contributed by atoms with E-state index in [4.69, 9.17) is 0 Å². The van der Waals surface area contributed by atoms with Gasteiger partial charge in [-0.15, -0.1) is 0 Å². The number of halogens is 3. The van der Waals surface area contributed by atoms with E-state index in [0.717, 1.165) is 19.4 Å². The fourth-order valence-corrected chi connectivity index (χ4v) is 3.03. The highest BCUT2D eigenvalue weighted by Crippen LogP contribution is 2.41. The van der Waals surface area contributed by atoms with Crippen molar-refractivity contribution in [1.29, 1.82) is 0 Å². The molecule has 1 N–H and O–H groups in total. The van der Waals surface area contributed by atoms with E-state index in [1.54, 1.807) is 0 Å². The van der Waals surface area contributed by atoms with Crippen LogP contribution >= 0.6 is 15.9 Å². The van der Waals surface area contributed by atoms with Gasteiger partial charge in [0.05, 0.1) is 10.0 Å². The van der Waals surface area contributed by atoms with Crippen molar-refractivity contribution in [2.24, 2.45) is 5.92 Å². The van der Waals surface area contributed by atoms with E-state index in [1.807, 2.05) is 13.8 Å². The normalized spacial score (nSPS) is 24.6. The third-order valence-electron chi connectivity index (χ3n) is 3.66. The molecule has 0 spiro atoms. The lowest BCUT2D eigenvalue weighted by molar-refractivity contribution is 0.256. The second-order valence-corrected chi connectivity index (χ2v) is 5.73. The Morgan fingerprint density at radius 2 is 2.06 bits per heavy atom. The molecule has 0 aliphatic carbocycles. The number of hydrogen-bond acceptors (Lipinski definition) is 1. The Bertz CT molecular complexity index is 426. The average molecular weight is 304 g/mol. The highest BCUT2D eigenvalue weighted by molar-refractivity contribution is 9.10. The Labute approximate surface area is 109 Å². The van der Waals surface area contributed by atoms with E-state index in [0.29, 0.717) is 4.47 Å². The summed E-state index contributed by atoms with van der Waals surface area (Å²) in [6, 6.07) is 2.74. The zero-order valence-electron chi connectivity index (χ0n) is 9.99. The Morgan fingerprint density at radius 1 is 1.35 bits per heavy atom. The Balaban J connectivity index is 2.62. The van der Waals surface area contributed by atoms with Crippen LogP contribution in [0, 0.1) is 17.6 Å². The Kier molecular flexibility index (Phi) is 3.55. The van der Waals surface area contributed by atoms with Crippen LogP contribution in [0.4, 0.5) is 8.78 Å². The monoisotopic (exact) mass is 303 g/mol. The fourth-order valence-electron chi connectivity index (χ4n) is 2.70. The maximum atomic E-state index is 14.2. The number of benzene rings is 1. The third-order valence-corrected chi connectivity index (χ3v) is 4.28. The predicted octanol–water partition coefficient (Wildman–Crippen LogP) is 3.96. The van der Waals surface area contributed by atoms with Gasteiger partial charge in [0.25, 0.3) is 0 Å². The predicted molar refractivity (Wildman–Crippen MR) is 67.8 cm³/mol. The maximum absolute atomic E-state index is 14.2. The summed E-state index contributed by atoms with van der Waals surface area (Å²) < 4.78 is 28.5. The summed E-state index contributed by atoms with van der Waals surface area (Å²) in [4.78, 5) is 0. The van der Waals surface area contributed by atoms with Crippen LogP contribution in [0.1, 0.15) is 32.3 Å². The van der Waals surface area contributed by atoms with Crippen molar-refractivity contribution in [3.8, 4) is 0 Å². The Morgan fingerprint density at radius 3 is 2.59 bits per heavy atom. The van der Waals surface area contributed by atoms with Gasteiger partial charge in [-0.1, -0.05) is 13.8 Å². The molecule has 4 heteroatoms. The second-order valence-electron chi connectivity index (χ2n) is 4.87. The molecule has 1 aliphatic rings. The Hall–Kier alpha value is -0.480. The first-order chi connectivity index (χ1) is 7.99. The van der Waals surface area contributed by atoms with Gasteiger partial charge >= 0.3 is 0 Å². The molecule has 1 saturated heterocycles. The average Bonchev–Trinajstić information content (AvgIpc) is 2.74. The standard InChI is InChI=1S/C13H16BrF2N/c1-8(2)13(6-3-7-17-13)11-10(15)5-4-9(14)12(11)16/h4-5,8,17H,3,6-7H2,1-2H3. The van der Waals surface area contributed by atoms with Crippen LogP contribution in [0.2, 0.25) is 0 Å². The van der Waals surface area contributed by atoms with Crippen LogP contribution in [0.25, 0.3) is 0 Å². The summed E-state index contributed by atoms with van der Waals surface area (Å²) in [6.45, 7) is 4.81. The molecule has 1 atom stereocenters. The molecule has 0 bridgehead atoms. The molecule has 17 heavy (non-hydrogen) atoms. The van der Waals surface area contributed by atoms with Gasteiger partial charge in [-0.25, -0.2) is 8.78 Å². The SMILES string of the molecule is CC(C)C1(c2c(F)ccc(Br)c2F)CCCN1.